The van der Waals surface area contributed by atoms with E-state index in [0.717, 1.165) is 25.7 Å². The quantitative estimate of drug-likeness (QED) is 0.930. The molecule has 0 radical (unpaired) electrons. The Morgan fingerprint density at radius 1 is 1.23 bits per heavy atom. The van der Waals surface area contributed by atoms with E-state index >= 15 is 0 Å². The van der Waals surface area contributed by atoms with Crippen LogP contribution >= 0.6 is 0 Å². The lowest BCUT2D eigenvalue weighted by atomic mass is 10.2. The average Bonchev–Trinajstić information content (AvgIpc) is 2.78. The second kappa shape index (κ2) is 7.09. The minimum Gasteiger partial charge on any atom is -0.446 e. The van der Waals surface area contributed by atoms with Gasteiger partial charge in [0.15, 0.2) is 0 Å². The lowest BCUT2D eigenvalue weighted by Crippen LogP contribution is -2.34. The van der Waals surface area contributed by atoms with Gasteiger partial charge in [0.25, 0.3) is 5.97 Å². The Labute approximate surface area is 129 Å². The molecule has 22 heavy (non-hydrogen) atoms. The minimum atomic E-state index is -0.930. The van der Waals surface area contributed by atoms with E-state index in [4.69, 9.17) is 18.9 Å². The van der Waals surface area contributed by atoms with Crippen molar-refractivity contribution in [2.75, 3.05) is 25.1 Å². The summed E-state index contributed by atoms with van der Waals surface area (Å²) in [6.07, 6.45) is 3.09. The first-order valence-corrected chi connectivity index (χ1v) is 7.70. The summed E-state index contributed by atoms with van der Waals surface area (Å²) in [4.78, 5) is 11.7. The number of anilines is 1. The molecule has 1 N–H and O–H groups in total. The van der Waals surface area contributed by atoms with E-state index in [1.54, 1.807) is 12.1 Å². The first kappa shape index (κ1) is 15.3. The van der Waals surface area contributed by atoms with Gasteiger partial charge in [-0.25, -0.2) is 4.79 Å². The van der Waals surface area contributed by atoms with Gasteiger partial charge in [-0.2, -0.15) is 0 Å². The van der Waals surface area contributed by atoms with Crippen molar-refractivity contribution < 1.29 is 23.7 Å². The number of rotatable bonds is 3. The highest BCUT2D eigenvalue weighted by Crippen LogP contribution is 2.33. The van der Waals surface area contributed by atoms with E-state index < -0.39 is 12.1 Å². The zero-order valence-electron chi connectivity index (χ0n) is 12.5. The van der Waals surface area contributed by atoms with E-state index in [9.17, 15) is 4.79 Å². The summed E-state index contributed by atoms with van der Waals surface area (Å²) >= 11 is 0. The fraction of sp³-hybridized carbons (Fsp3) is 0.562. The van der Waals surface area contributed by atoms with Crippen LogP contribution in [0.4, 0.5) is 10.5 Å². The van der Waals surface area contributed by atoms with Crippen LogP contribution in [0.5, 0.6) is 0 Å². The molecule has 6 heteroatoms. The summed E-state index contributed by atoms with van der Waals surface area (Å²) in [7, 11) is 0. The number of benzene rings is 1. The average molecular weight is 307 g/mol. The molecule has 2 heterocycles. The molecule has 2 saturated heterocycles. The molecule has 2 aliphatic rings. The van der Waals surface area contributed by atoms with Crippen molar-refractivity contribution >= 4 is 11.8 Å². The van der Waals surface area contributed by atoms with Gasteiger partial charge in [-0.05, 0) is 25.0 Å². The standard InChI is InChI=1S/C16H21NO5/c18-15(17-13-7-3-1-4-8-13)19-11-14-12-21-16(22-14)9-5-2-6-10-20-16/h1,3-4,7-8,14H,2,5-6,9-12H2,(H,17,18). The molecule has 2 atom stereocenters. The number of amides is 1. The summed E-state index contributed by atoms with van der Waals surface area (Å²) < 4.78 is 22.4. The number of carbonyl (C=O) groups excluding carboxylic acids is 1. The molecular weight excluding hydrogens is 286 g/mol. The zero-order valence-corrected chi connectivity index (χ0v) is 12.5. The van der Waals surface area contributed by atoms with Crippen molar-refractivity contribution in [2.24, 2.45) is 0 Å². The third-order valence-corrected chi connectivity index (χ3v) is 3.71. The van der Waals surface area contributed by atoms with Crippen LogP contribution in [0, 0.1) is 0 Å². The number of hydrogen-bond donors (Lipinski definition) is 1. The Morgan fingerprint density at radius 2 is 2.09 bits per heavy atom. The van der Waals surface area contributed by atoms with E-state index in [-0.39, 0.29) is 12.7 Å². The molecule has 1 aromatic rings. The smallest absolute Gasteiger partial charge is 0.411 e. The molecule has 1 aromatic carbocycles. The first-order chi connectivity index (χ1) is 10.8. The molecule has 120 valence electrons. The topological polar surface area (TPSA) is 66.0 Å². The first-order valence-electron chi connectivity index (χ1n) is 7.70. The molecule has 6 nitrogen and oxygen atoms in total. The Kier molecular flexibility index (Phi) is 4.92. The second-order valence-corrected chi connectivity index (χ2v) is 5.48. The van der Waals surface area contributed by atoms with Gasteiger partial charge in [0.1, 0.15) is 12.7 Å². The number of hydrogen-bond acceptors (Lipinski definition) is 5. The van der Waals surface area contributed by atoms with Crippen LogP contribution in [-0.2, 0) is 18.9 Å². The van der Waals surface area contributed by atoms with Crippen molar-refractivity contribution in [2.45, 2.75) is 37.8 Å². The van der Waals surface area contributed by atoms with Crippen molar-refractivity contribution in [3.8, 4) is 0 Å². The van der Waals surface area contributed by atoms with Gasteiger partial charge in [0.2, 0.25) is 0 Å². The number of para-hydroxylation sites is 1. The third kappa shape index (κ3) is 3.97. The van der Waals surface area contributed by atoms with Crippen LogP contribution in [0.2, 0.25) is 0 Å². The Hall–Kier alpha value is -1.63. The second-order valence-electron chi connectivity index (χ2n) is 5.48. The summed E-state index contributed by atoms with van der Waals surface area (Å²) in [5.41, 5.74) is 0.694. The molecule has 0 saturated carbocycles. The zero-order chi connectivity index (χ0) is 15.3. The molecule has 1 spiro atoms. The van der Waals surface area contributed by atoms with Gasteiger partial charge in [-0.15, -0.1) is 0 Å². The fourth-order valence-corrected chi connectivity index (χ4v) is 2.60. The Morgan fingerprint density at radius 3 is 2.95 bits per heavy atom. The molecule has 0 aromatic heterocycles. The molecule has 0 bridgehead atoms. The highest BCUT2D eigenvalue weighted by atomic mass is 16.9. The highest BCUT2D eigenvalue weighted by molar-refractivity contribution is 5.84. The summed E-state index contributed by atoms with van der Waals surface area (Å²) in [5.74, 6) is -0.930. The minimum absolute atomic E-state index is 0.143. The van der Waals surface area contributed by atoms with Crippen molar-refractivity contribution in [3.05, 3.63) is 30.3 Å². The predicted molar refractivity (Wildman–Crippen MR) is 79.4 cm³/mol. The molecule has 2 fully saturated rings. The van der Waals surface area contributed by atoms with Gasteiger partial charge >= 0.3 is 6.09 Å². The molecule has 2 unspecified atom stereocenters. The molecule has 0 aliphatic carbocycles. The van der Waals surface area contributed by atoms with Crippen LogP contribution in [-0.4, -0.2) is 38.0 Å². The Bertz CT molecular complexity index is 485. The summed E-state index contributed by atoms with van der Waals surface area (Å²) in [5, 5.41) is 2.66. The fourth-order valence-electron chi connectivity index (χ4n) is 2.60. The third-order valence-electron chi connectivity index (χ3n) is 3.71. The lowest BCUT2D eigenvalue weighted by Gasteiger charge is -2.25. The highest BCUT2D eigenvalue weighted by Gasteiger charge is 2.43. The van der Waals surface area contributed by atoms with Gasteiger partial charge in [-0.3, -0.25) is 5.32 Å². The number of nitrogens with one attached hydrogen (secondary N) is 1. The van der Waals surface area contributed by atoms with Gasteiger partial charge in [-0.1, -0.05) is 24.6 Å². The van der Waals surface area contributed by atoms with Crippen LogP contribution < -0.4 is 5.32 Å². The van der Waals surface area contributed by atoms with Gasteiger partial charge in [0.05, 0.1) is 13.2 Å². The van der Waals surface area contributed by atoms with Crippen LogP contribution in [0.1, 0.15) is 25.7 Å². The van der Waals surface area contributed by atoms with Crippen LogP contribution in [0.15, 0.2) is 30.3 Å². The normalized spacial score (nSPS) is 28.3. The molecule has 2 aliphatic heterocycles. The molecule has 3 rings (SSSR count). The predicted octanol–water partition coefficient (Wildman–Crippen LogP) is 2.89. The van der Waals surface area contributed by atoms with E-state index in [1.807, 2.05) is 18.2 Å². The number of carbonyl (C=O) groups is 1. The van der Waals surface area contributed by atoms with Gasteiger partial charge < -0.3 is 18.9 Å². The maximum Gasteiger partial charge on any atom is 0.411 e. The molecule has 1 amide bonds. The largest absolute Gasteiger partial charge is 0.446 e. The van der Waals surface area contributed by atoms with Crippen molar-refractivity contribution in [1.82, 2.24) is 0 Å². The van der Waals surface area contributed by atoms with Crippen molar-refractivity contribution in [3.63, 3.8) is 0 Å². The van der Waals surface area contributed by atoms with Crippen molar-refractivity contribution in [1.29, 1.82) is 0 Å². The molecular formula is C16H21NO5. The summed E-state index contributed by atoms with van der Waals surface area (Å²) in [6.45, 7) is 1.16. The van der Waals surface area contributed by atoms with E-state index in [1.165, 1.54) is 0 Å². The Balaban J connectivity index is 1.43. The number of ether oxygens (including phenoxy) is 4. The van der Waals surface area contributed by atoms with Crippen LogP contribution in [0.3, 0.4) is 0 Å². The van der Waals surface area contributed by atoms with E-state index in [2.05, 4.69) is 5.32 Å². The maximum absolute atomic E-state index is 11.7. The van der Waals surface area contributed by atoms with E-state index in [0.29, 0.717) is 18.9 Å². The van der Waals surface area contributed by atoms with Crippen LogP contribution in [0.25, 0.3) is 0 Å². The monoisotopic (exact) mass is 307 g/mol. The maximum atomic E-state index is 11.7. The van der Waals surface area contributed by atoms with Gasteiger partial charge in [0, 0.05) is 12.1 Å². The summed E-state index contributed by atoms with van der Waals surface area (Å²) in [6, 6.07) is 9.16. The SMILES string of the molecule is O=C(Nc1ccccc1)OCC1COC2(CCCCCO2)O1. The lowest BCUT2D eigenvalue weighted by molar-refractivity contribution is -0.337.